The Morgan fingerprint density at radius 2 is 2.28 bits per heavy atom. The summed E-state index contributed by atoms with van der Waals surface area (Å²) in [5.74, 6) is 0.930. The maximum atomic E-state index is 6.09. The van der Waals surface area contributed by atoms with Crippen molar-refractivity contribution in [1.29, 1.82) is 0 Å². The first-order valence-corrected chi connectivity index (χ1v) is 6.31. The van der Waals surface area contributed by atoms with Gasteiger partial charge >= 0.3 is 0 Å². The fourth-order valence-corrected chi connectivity index (χ4v) is 2.65. The van der Waals surface area contributed by atoms with E-state index >= 15 is 0 Å². The first-order valence-electron chi connectivity index (χ1n) is 6.31. The summed E-state index contributed by atoms with van der Waals surface area (Å²) in [7, 11) is 0. The van der Waals surface area contributed by atoms with E-state index in [-0.39, 0.29) is 6.04 Å². The van der Waals surface area contributed by atoms with Gasteiger partial charge in [0.1, 0.15) is 0 Å². The summed E-state index contributed by atoms with van der Waals surface area (Å²) < 4.78 is 1.73. The summed E-state index contributed by atoms with van der Waals surface area (Å²) in [5, 5.41) is 11.6. The number of nitrogens with zero attached hydrogens (tertiary/aromatic N) is 6. The van der Waals surface area contributed by atoms with Crippen LogP contribution < -0.4 is 10.6 Å². The molecular formula is C11H17N7. The van der Waals surface area contributed by atoms with Crippen molar-refractivity contribution in [3.8, 4) is 0 Å². The molecule has 1 aliphatic heterocycles. The molecule has 3 heterocycles. The largest absolute Gasteiger partial charge is 0.351 e. The lowest BCUT2D eigenvalue weighted by Gasteiger charge is -2.39. The van der Waals surface area contributed by atoms with Crippen molar-refractivity contribution in [2.45, 2.75) is 38.3 Å². The van der Waals surface area contributed by atoms with Gasteiger partial charge in [-0.25, -0.2) is 0 Å². The Labute approximate surface area is 105 Å². The first kappa shape index (κ1) is 11.3. The highest BCUT2D eigenvalue weighted by molar-refractivity contribution is 5.47. The van der Waals surface area contributed by atoms with E-state index in [4.69, 9.17) is 5.73 Å². The maximum absolute atomic E-state index is 6.09. The lowest BCUT2D eigenvalue weighted by atomic mass is 9.97. The zero-order valence-electron chi connectivity index (χ0n) is 10.4. The molecule has 1 fully saturated rings. The fourth-order valence-electron chi connectivity index (χ4n) is 2.65. The van der Waals surface area contributed by atoms with Crippen molar-refractivity contribution < 1.29 is 0 Å². The molecule has 0 aromatic carbocycles. The normalized spacial score (nSPS) is 22.3. The minimum atomic E-state index is 0.122. The van der Waals surface area contributed by atoms with Crippen molar-refractivity contribution in [3.63, 3.8) is 0 Å². The topological polar surface area (TPSA) is 85.2 Å². The van der Waals surface area contributed by atoms with Gasteiger partial charge in [0.05, 0.1) is 12.4 Å². The third-order valence-corrected chi connectivity index (χ3v) is 3.54. The number of aromatic nitrogens is 5. The summed E-state index contributed by atoms with van der Waals surface area (Å²) >= 11 is 0. The van der Waals surface area contributed by atoms with Gasteiger partial charge in [-0.05, 0) is 36.6 Å². The van der Waals surface area contributed by atoms with Crippen LogP contribution >= 0.6 is 0 Å². The van der Waals surface area contributed by atoms with Gasteiger partial charge in [-0.1, -0.05) is 0 Å². The lowest BCUT2D eigenvalue weighted by molar-refractivity contribution is 0.408. The molecule has 0 amide bonds. The highest BCUT2D eigenvalue weighted by Gasteiger charge is 2.27. The molecule has 7 heteroatoms. The van der Waals surface area contributed by atoms with E-state index in [1.807, 2.05) is 6.20 Å². The molecule has 0 radical (unpaired) electrons. The molecule has 2 aromatic rings. The van der Waals surface area contributed by atoms with E-state index in [0.29, 0.717) is 11.7 Å². The van der Waals surface area contributed by atoms with Crippen molar-refractivity contribution >= 4 is 11.5 Å². The molecule has 2 aromatic heterocycles. The highest BCUT2D eigenvalue weighted by Crippen LogP contribution is 2.25. The fraction of sp³-hybridized carbons (Fsp3) is 0.636. The van der Waals surface area contributed by atoms with Crippen LogP contribution in [-0.4, -0.2) is 43.7 Å². The van der Waals surface area contributed by atoms with Crippen LogP contribution in [0.1, 0.15) is 26.2 Å². The molecule has 7 nitrogen and oxygen atoms in total. The average molecular weight is 247 g/mol. The molecule has 18 heavy (non-hydrogen) atoms. The highest BCUT2D eigenvalue weighted by atomic mass is 15.5. The van der Waals surface area contributed by atoms with Crippen LogP contribution in [0.15, 0.2) is 12.4 Å². The van der Waals surface area contributed by atoms with E-state index in [2.05, 4.69) is 32.3 Å². The minimum Gasteiger partial charge on any atom is -0.351 e. The minimum absolute atomic E-state index is 0.122. The van der Waals surface area contributed by atoms with Gasteiger partial charge in [0.25, 0.3) is 0 Å². The van der Waals surface area contributed by atoms with Gasteiger partial charge in [0.15, 0.2) is 11.5 Å². The van der Waals surface area contributed by atoms with Gasteiger partial charge in [-0.2, -0.15) is 4.52 Å². The maximum Gasteiger partial charge on any atom is 0.199 e. The van der Waals surface area contributed by atoms with E-state index in [1.165, 1.54) is 12.8 Å². The number of hydrogen-bond donors (Lipinski definition) is 1. The summed E-state index contributed by atoms with van der Waals surface area (Å²) in [6.45, 7) is 3.03. The van der Waals surface area contributed by atoms with Gasteiger partial charge < -0.3 is 10.6 Å². The molecule has 1 saturated heterocycles. The number of tetrazole rings is 1. The number of rotatable bonds is 2. The predicted octanol–water partition coefficient (Wildman–Crippen LogP) is 0.225. The van der Waals surface area contributed by atoms with Crippen LogP contribution in [0.25, 0.3) is 5.65 Å². The number of piperidine rings is 1. The van der Waals surface area contributed by atoms with E-state index in [9.17, 15) is 0 Å². The molecule has 0 saturated carbocycles. The second-order valence-electron chi connectivity index (χ2n) is 4.83. The van der Waals surface area contributed by atoms with Crippen molar-refractivity contribution in [1.82, 2.24) is 25.0 Å². The number of nitrogens with two attached hydrogens (primary N) is 1. The van der Waals surface area contributed by atoms with Gasteiger partial charge in [-0.15, -0.1) is 5.10 Å². The number of fused-ring (bicyclic) bond motifs is 1. The molecule has 2 unspecified atom stereocenters. The molecule has 3 rings (SSSR count). The summed E-state index contributed by atoms with van der Waals surface area (Å²) in [5.41, 5.74) is 6.76. The zero-order chi connectivity index (χ0) is 12.5. The molecular weight excluding hydrogens is 230 g/mol. The summed E-state index contributed by atoms with van der Waals surface area (Å²) in [6, 6.07) is 0.451. The Hall–Kier alpha value is -1.76. The Bertz CT molecular complexity index is 535. The monoisotopic (exact) mass is 247 g/mol. The van der Waals surface area contributed by atoms with E-state index in [0.717, 1.165) is 18.8 Å². The van der Waals surface area contributed by atoms with Crippen molar-refractivity contribution in [2.24, 2.45) is 5.73 Å². The molecule has 2 N–H and O–H groups in total. The van der Waals surface area contributed by atoms with Crippen LogP contribution in [-0.2, 0) is 0 Å². The zero-order valence-corrected chi connectivity index (χ0v) is 10.4. The second-order valence-corrected chi connectivity index (χ2v) is 4.83. The average Bonchev–Trinajstić information content (AvgIpc) is 2.86. The van der Waals surface area contributed by atoms with Gasteiger partial charge in [-0.3, -0.25) is 4.98 Å². The lowest BCUT2D eigenvalue weighted by Crippen LogP contribution is -2.50. The Balaban J connectivity index is 2.03. The van der Waals surface area contributed by atoms with E-state index < -0.39 is 0 Å². The third-order valence-electron chi connectivity index (χ3n) is 3.54. The Morgan fingerprint density at radius 3 is 3.11 bits per heavy atom. The van der Waals surface area contributed by atoms with Crippen LogP contribution in [0.3, 0.4) is 0 Å². The molecule has 0 aliphatic carbocycles. The van der Waals surface area contributed by atoms with Crippen LogP contribution in [0.2, 0.25) is 0 Å². The first-order chi connectivity index (χ1) is 8.77. The van der Waals surface area contributed by atoms with Crippen LogP contribution in [0.5, 0.6) is 0 Å². The van der Waals surface area contributed by atoms with E-state index in [1.54, 1.807) is 10.7 Å². The van der Waals surface area contributed by atoms with Gasteiger partial charge in [0, 0.05) is 18.6 Å². The third kappa shape index (κ3) is 1.80. The molecule has 96 valence electrons. The standard InChI is InChI=1S/C11H17N7/c1-8(12)9-4-2-3-5-17(9)11-7-13-6-10-14-15-16-18(10)11/h6-9H,2-5,12H2,1H3. The smallest absolute Gasteiger partial charge is 0.199 e. The number of hydrogen-bond acceptors (Lipinski definition) is 6. The van der Waals surface area contributed by atoms with Crippen molar-refractivity contribution in [2.75, 3.05) is 11.4 Å². The number of anilines is 1. The SMILES string of the molecule is CC(N)C1CCCCN1c1cncc2nnnn12. The summed E-state index contributed by atoms with van der Waals surface area (Å²) in [4.78, 5) is 6.49. The second kappa shape index (κ2) is 4.49. The van der Waals surface area contributed by atoms with Gasteiger partial charge in [0.2, 0.25) is 0 Å². The predicted molar refractivity (Wildman–Crippen MR) is 67.2 cm³/mol. The molecule has 0 spiro atoms. The molecule has 0 bridgehead atoms. The quantitative estimate of drug-likeness (QED) is 0.817. The Morgan fingerprint density at radius 1 is 1.39 bits per heavy atom. The van der Waals surface area contributed by atoms with Crippen LogP contribution in [0, 0.1) is 0 Å². The molecule has 1 aliphatic rings. The van der Waals surface area contributed by atoms with Crippen molar-refractivity contribution in [3.05, 3.63) is 12.4 Å². The Kier molecular flexibility index (Phi) is 2.83. The molecule has 2 atom stereocenters. The summed E-state index contributed by atoms with van der Waals surface area (Å²) in [6.07, 6.45) is 6.97. The van der Waals surface area contributed by atoms with Crippen LogP contribution in [0.4, 0.5) is 5.82 Å².